The van der Waals surface area contributed by atoms with E-state index in [1.165, 1.54) is 4.90 Å². The van der Waals surface area contributed by atoms with Crippen molar-refractivity contribution in [3.63, 3.8) is 0 Å². The Morgan fingerprint density at radius 3 is 1.63 bits per heavy atom. The summed E-state index contributed by atoms with van der Waals surface area (Å²) in [5.74, 6) is 0. The number of benzene rings is 6. The average Bonchev–Trinajstić information content (AvgIpc) is 3.61. The molecule has 0 aromatic heterocycles. The normalized spacial score (nSPS) is 18.8. The highest BCUT2D eigenvalue weighted by molar-refractivity contribution is 5.82. The van der Waals surface area contributed by atoms with Crippen molar-refractivity contribution in [1.82, 2.24) is 4.90 Å². The van der Waals surface area contributed by atoms with E-state index in [9.17, 15) is 9.90 Å². The summed E-state index contributed by atoms with van der Waals surface area (Å²) in [6.45, 7) is 1.51. The number of aliphatic hydroxyl groups excluding tert-OH is 1. The first-order valence-electron chi connectivity index (χ1n) is 21.4. The van der Waals surface area contributed by atoms with Crippen LogP contribution < -0.4 is 0 Å². The van der Waals surface area contributed by atoms with Crippen LogP contribution in [0.25, 0.3) is 10.8 Å². The summed E-state index contributed by atoms with van der Waals surface area (Å²) >= 11 is 0. The summed E-state index contributed by atoms with van der Waals surface area (Å²) in [5.41, 5.74) is 4.88. The van der Waals surface area contributed by atoms with Gasteiger partial charge in [0.05, 0.1) is 52.9 Å². The van der Waals surface area contributed by atoms with Gasteiger partial charge in [-0.3, -0.25) is 0 Å². The van der Waals surface area contributed by atoms with E-state index in [-0.39, 0.29) is 39.6 Å². The lowest BCUT2D eigenvalue weighted by molar-refractivity contribution is -0.219. The van der Waals surface area contributed by atoms with Gasteiger partial charge in [-0.15, -0.1) is 0 Å². The molecule has 7 rings (SSSR count). The topological polar surface area (TPSA) is 114 Å². The smallest absolute Gasteiger partial charge is 0.409 e. The predicted molar refractivity (Wildman–Crippen MR) is 239 cm³/mol. The standard InChI is InChI=1S/C52H57NO10/c1-53(2)52(55)63-50-48(54)45(35-56-30-38-17-7-3-8-18-38)62-51(50)61-37-47(59-33-40-21-11-5-12-22-40)49(60-34-41-23-13-6-14-24-41)46(58-32-39-19-9-4-10-20-39)36-57-31-42-27-28-43-25-15-16-26-44(43)29-42/h3-29,45-51,54H,30-37H2,1-2H3/t45-,46?,47?,48?,49?,50?,51-/m1/s1. The number of nitrogens with zero attached hydrogens (tertiary/aromatic N) is 1. The maximum atomic E-state index is 12.9. The third-order valence-corrected chi connectivity index (χ3v) is 10.7. The summed E-state index contributed by atoms with van der Waals surface area (Å²) < 4.78 is 51.5. The summed E-state index contributed by atoms with van der Waals surface area (Å²) in [7, 11) is 3.14. The van der Waals surface area contributed by atoms with E-state index in [0.29, 0.717) is 13.2 Å². The Kier molecular flexibility index (Phi) is 17.2. The van der Waals surface area contributed by atoms with Gasteiger partial charge in [0.2, 0.25) is 0 Å². The number of hydrogen-bond acceptors (Lipinski definition) is 10. The molecule has 1 N–H and O–H groups in total. The molecule has 1 aliphatic heterocycles. The quantitative estimate of drug-likeness (QED) is 0.0673. The lowest BCUT2D eigenvalue weighted by Gasteiger charge is -2.34. The molecular weight excluding hydrogens is 799 g/mol. The van der Waals surface area contributed by atoms with Crippen LogP contribution in [0.3, 0.4) is 0 Å². The second kappa shape index (κ2) is 23.8. The molecule has 1 aliphatic rings. The minimum absolute atomic E-state index is 0.0344. The van der Waals surface area contributed by atoms with Crippen LogP contribution in [0.5, 0.6) is 0 Å². The van der Waals surface area contributed by atoms with Gasteiger partial charge in [-0.2, -0.15) is 0 Å². The molecule has 6 aromatic rings. The SMILES string of the molecule is CN(C)C(=O)OC1C(O)[C@@H](COCc2ccccc2)O[C@H]1OCC(OCc1ccccc1)C(OCc1ccccc1)C(COCc1ccc2ccccc2c1)OCc1ccccc1. The molecular formula is C52H57NO10. The lowest BCUT2D eigenvalue weighted by atomic mass is 10.1. The average molecular weight is 856 g/mol. The van der Waals surface area contributed by atoms with Crippen molar-refractivity contribution >= 4 is 16.9 Å². The molecule has 0 bridgehead atoms. The first-order chi connectivity index (χ1) is 30.9. The monoisotopic (exact) mass is 855 g/mol. The third kappa shape index (κ3) is 13.8. The zero-order valence-corrected chi connectivity index (χ0v) is 35.9. The Hall–Kier alpha value is -5.47. The van der Waals surface area contributed by atoms with E-state index in [0.717, 1.165) is 38.6 Å². The zero-order chi connectivity index (χ0) is 43.6. The maximum absolute atomic E-state index is 12.9. The van der Waals surface area contributed by atoms with Gasteiger partial charge >= 0.3 is 6.09 Å². The first kappa shape index (κ1) is 45.6. The fourth-order valence-corrected chi connectivity index (χ4v) is 7.25. The van der Waals surface area contributed by atoms with Crippen LogP contribution in [0.1, 0.15) is 27.8 Å². The van der Waals surface area contributed by atoms with Crippen LogP contribution in [-0.4, -0.2) is 92.9 Å². The van der Waals surface area contributed by atoms with Crippen molar-refractivity contribution in [1.29, 1.82) is 0 Å². The Morgan fingerprint density at radius 2 is 1.06 bits per heavy atom. The number of carbonyl (C=O) groups excluding carboxylic acids is 1. The van der Waals surface area contributed by atoms with Crippen molar-refractivity contribution in [2.75, 3.05) is 33.9 Å². The summed E-state index contributed by atoms with van der Waals surface area (Å²) in [4.78, 5) is 14.2. The molecule has 5 unspecified atom stereocenters. The minimum atomic E-state index is -1.24. The van der Waals surface area contributed by atoms with Crippen LogP contribution in [0, 0.1) is 0 Å². The van der Waals surface area contributed by atoms with E-state index < -0.39 is 49.0 Å². The van der Waals surface area contributed by atoms with Crippen LogP contribution in [0.4, 0.5) is 4.79 Å². The second-order valence-corrected chi connectivity index (χ2v) is 15.7. The molecule has 1 heterocycles. The molecule has 0 aliphatic carbocycles. The first-order valence-corrected chi connectivity index (χ1v) is 21.4. The van der Waals surface area contributed by atoms with Gasteiger partial charge in [0, 0.05) is 14.1 Å². The van der Waals surface area contributed by atoms with Crippen molar-refractivity contribution in [3.8, 4) is 0 Å². The van der Waals surface area contributed by atoms with E-state index >= 15 is 0 Å². The molecule has 1 saturated heterocycles. The highest BCUT2D eigenvalue weighted by Crippen LogP contribution is 2.28. The van der Waals surface area contributed by atoms with Crippen molar-refractivity contribution in [2.45, 2.75) is 75.9 Å². The third-order valence-electron chi connectivity index (χ3n) is 10.7. The Morgan fingerprint density at radius 1 is 0.571 bits per heavy atom. The van der Waals surface area contributed by atoms with Crippen LogP contribution in [-0.2, 0) is 70.9 Å². The number of aliphatic hydroxyl groups is 1. The highest BCUT2D eigenvalue weighted by atomic mass is 16.7. The zero-order valence-electron chi connectivity index (χ0n) is 35.9. The number of rotatable bonds is 23. The fraction of sp³-hybridized carbons (Fsp3) is 0.327. The molecule has 0 saturated carbocycles. The van der Waals surface area contributed by atoms with Crippen LogP contribution in [0.15, 0.2) is 164 Å². The van der Waals surface area contributed by atoms with Gasteiger partial charge in [-0.1, -0.05) is 158 Å². The van der Waals surface area contributed by atoms with E-state index in [1.54, 1.807) is 14.1 Å². The van der Waals surface area contributed by atoms with E-state index in [4.69, 9.17) is 37.9 Å². The van der Waals surface area contributed by atoms with Gasteiger partial charge in [0.25, 0.3) is 0 Å². The Balaban J connectivity index is 1.15. The van der Waals surface area contributed by atoms with Gasteiger partial charge < -0.3 is 47.9 Å². The molecule has 1 fully saturated rings. The molecule has 0 spiro atoms. The number of fused-ring (bicyclic) bond motifs is 1. The molecule has 11 heteroatoms. The van der Waals surface area contributed by atoms with E-state index in [2.05, 4.69) is 30.3 Å². The van der Waals surface area contributed by atoms with Crippen LogP contribution >= 0.6 is 0 Å². The lowest BCUT2D eigenvalue weighted by Crippen LogP contribution is -2.48. The number of amides is 1. The largest absolute Gasteiger partial charge is 0.438 e. The molecule has 1 amide bonds. The Bertz CT molecular complexity index is 2230. The Labute approximate surface area is 370 Å². The van der Waals surface area contributed by atoms with Gasteiger partial charge in [0.15, 0.2) is 12.4 Å². The molecule has 63 heavy (non-hydrogen) atoms. The van der Waals surface area contributed by atoms with Crippen molar-refractivity contribution in [2.24, 2.45) is 0 Å². The predicted octanol–water partition coefficient (Wildman–Crippen LogP) is 8.50. The molecule has 11 nitrogen and oxygen atoms in total. The molecule has 6 aromatic carbocycles. The molecule has 7 atom stereocenters. The second-order valence-electron chi connectivity index (χ2n) is 15.7. The van der Waals surface area contributed by atoms with Gasteiger partial charge in [0.1, 0.15) is 30.5 Å². The van der Waals surface area contributed by atoms with Crippen molar-refractivity contribution in [3.05, 3.63) is 192 Å². The summed E-state index contributed by atoms with van der Waals surface area (Å²) in [6.07, 6.45) is -7.27. The van der Waals surface area contributed by atoms with Gasteiger partial charge in [-0.25, -0.2) is 4.79 Å². The van der Waals surface area contributed by atoms with Crippen LogP contribution in [0.2, 0.25) is 0 Å². The van der Waals surface area contributed by atoms with E-state index in [1.807, 2.05) is 133 Å². The maximum Gasteiger partial charge on any atom is 0.409 e. The minimum Gasteiger partial charge on any atom is -0.438 e. The highest BCUT2D eigenvalue weighted by Gasteiger charge is 2.48. The number of ether oxygens (including phenoxy) is 8. The summed E-state index contributed by atoms with van der Waals surface area (Å²) in [5, 5.41) is 13.8. The number of carbonyl (C=O) groups is 1. The molecule has 0 radical (unpaired) electrons. The van der Waals surface area contributed by atoms with Gasteiger partial charge in [-0.05, 0) is 44.7 Å². The molecule has 330 valence electrons. The fourth-order valence-electron chi connectivity index (χ4n) is 7.25. The summed E-state index contributed by atoms with van der Waals surface area (Å²) in [6, 6.07) is 53.9. The number of hydrogen-bond donors (Lipinski definition) is 1. The van der Waals surface area contributed by atoms with Crippen molar-refractivity contribution < 1.29 is 47.8 Å².